The summed E-state index contributed by atoms with van der Waals surface area (Å²) < 4.78 is 18.3. The predicted molar refractivity (Wildman–Crippen MR) is 61.9 cm³/mol. The molecule has 0 unspecified atom stereocenters. The fraction of sp³-hybridized carbons (Fsp3) is 0.700. The lowest BCUT2D eigenvalue weighted by molar-refractivity contribution is -0.701. The highest BCUT2D eigenvalue weighted by molar-refractivity contribution is 6.60. The zero-order valence-electron chi connectivity index (χ0n) is 10.8. The molecule has 0 saturated carbocycles. The molecule has 0 bridgehead atoms. The summed E-state index contributed by atoms with van der Waals surface area (Å²) in [4.78, 5) is 3.14. The highest BCUT2D eigenvalue weighted by Gasteiger charge is 2.37. The van der Waals surface area contributed by atoms with Crippen molar-refractivity contribution in [3.05, 3.63) is 18.2 Å². The van der Waals surface area contributed by atoms with Crippen LogP contribution in [0.4, 0.5) is 0 Å². The van der Waals surface area contributed by atoms with E-state index >= 15 is 0 Å². The summed E-state index contributed by atoms with van der Waals surface area (Å²) in [5, 5.41) is 0. The van der Waals surface area contributed by atoms with Crippen molar-refractivity contribution in [3.8, 4) is 0 Å². The summed E-state index contributed by atoms with van der Waals surface area (Å²) in [5.41, 5.74) is 0. The minimum Gasteiger partial charge on any atom is -1.00 e. The Hall–Kier alpha value is -0.403. The highest BCUT2D eigenvalue weighted by Crippen LogP contribution is 2.14. The normalized spacial score (nSPS) is 11.3. The van der Waals surface area contributed by atoms with Crippen LogP contribution in [0.1, 0.15) is 12.2 Å². The highest BCUT2D eigenvalue weighted by atomic mass is 35.5. The fourth-order valence-electron chi connectivity index (χ4n) is 1.71. The van der Waals surface area contributed by atoms with Gasteiger partial charge in [0.1, 0.15) is 12.4 Å². The third kappa shape index (κ3) is 4.40. The second-order valence-corrected chi connectivity index (χ2v) is 6.73. The van der Waals surface area contributed by atoms with Crippen LogP contribution in [0.5, 0.6) is 0 Å². The van der Waals surface area contributed by atoms with E-state index in [0.29, 0.717) is 0 Å². The van der Waals surface area contributed by atoms with Gasteiger partial charge in [-0.05, 0) is 6.42 Å². The Morgan fingerprint density at radius 3 is 2.24 bits per heavy atom. The van der Waals surface area contributed by atoms with Gasteiger partial charge in [0.05, 0.1) is 6.54 Å². The van der Waals surface area contributed by atoms with Crippen molar-refractivity contribution in [1.29, 1.82) is 0 Å². The first kappa shape index (κ1) is 16.6. The SMILES string of the molecule is CO[Si](CCC[n+]1cc[nH]c1C)(OC)OC.[Cl-]. The molecule has 0 fully saturated rings. The van der Waals surface area contributed by atoms with Crippen molar-refractivity contribution >= 4 is 8.80 Å². The van der Waals surface area contributed by atoms with Crippen molar-refractivity contribution in [1.82, 2.24) is 4.98 Å². The van der Waals surface area contributed by atoms with E-state index in [1.165, 1.54) is 0 Å². The molecule has 5 nitrogen and oxygen atoms in total. The predicted octanol–water partition coefficient (Wildman–Crippen LogP) is -2.12. The first-order chi connectivity index (χ1) is 7.67. The van der Waals surface area contributed by atoms with E-state index < -0.39 is 8.80 Å². The Balaban J connectivity index is 0.00000256. The molecule has 0 radical (unpaired) electrons. The van der Waals surface area contributed by atoms with Gasteiger partial charge in [-0.1, -0.05) is 0 Å². The lowest BCUT2D eigenvalue weighted by Crippen LogP contribution is -3.00. The third-order valence-corrected chi connectivity index (χ3v) is 5.62. The smallest absolute Gasteiger partial charge is 0.500 e. The Bertz CT molecular complexity index is 310. The molecule has 1 aromatic heterocycles. The number of H-pyrrole nitrogens is 1. The monoisotopic (exact) mass is 280 g/mol. The minimum atomic E-state index is -2.39. The Kier molecular flexibility index (Phi) is 7.65. The molecule has 0 aliphatic heterocycles. The topological polar surface area (TPSA) is 47.4 Å². The Labute approximate surface area is 110 Å². The van der Waals surface area contributed by atoms with Crippen LogP contribution < -0.4 is 17.0 Å². The van der Waals surface area contributed by atoms with Gasteiger partial charge in [-0.2, -0.15) is 0 Å². The lowest BCUT2D eigenvalue weighted by Gasteiger charge is -2.23. The zero-order chi connectivity index (χ0) is 12.0. The molecule has 0 aliphatic rings. The molecule has 0 atom stereocenters. The number of aromatic amines is 1. The Morgan fingerprint density at radius 2 is 1.82 bits per heavy atom. The van der Waals surface area contributed by atoms with Crippen LogP contribution >= 0.6 is 0 Å². The molecular weight excluding hydrogens is 260 g/mol. The largest absolute Gasteiger partial charge is 1.00 e. The van der Waals surface area contributed by atoms with Gasteiger partial charge in [-0.3, -0.25) is 0 Å². The molecule has 100 valence electrons. The number of hydrogen-bond acceptors (Lipinski definition) is 3. The maximum atomic E-state index is 5.36. The van der Waals surface area contributed by atoms with Crippen LogP contribution in [-0.4, -0.2) is 35.1 Å². The molecule has 0 aromatic carbocycles. The molecule has 0 aliphatic carbocycles. The van der Waals surface area contributed by atoms with Gasteiger partial charge < -0.3 is 25.7 Å². The molecule has 7 heteroatoms. The van der Waals surface area contributed by atoms with Gasteiger partial charge in [-0.15, -0.1) is 0 Å². The van der Waals surface area contributed by atoms with E-state index in [-0.39, 0.29) is 12.4 Å². The van der Waals surface area contributed by atoms with Gasteiger partial charge in [0, 0.05) is 34.3 Å². The number of aromatic nitrogens is 2. The van der Waals surface area contributed by atoms with E-state index in [1.54, 1.807) is 21.3 Å². The van der Waals surface area contributed by atoms with Gasteiger partial charge in [0.2, 0.25) is 0 Å². The van der Waals surface area contributed by atoms with Crippen molar-refractivity contribution in [2.45, 2.75) is 25.9 Å². The second kappa shape index (κ2) is 7.83. The fourth-order valence-corrected chi connectivity index (χ4v) is 3.41. The van der Waals surface area contributed by atoms with Gasteiger partial charge in [0.15, 0.2) is 0 Å². The number of hydrogen-bond donors (Lipinski definition) is 1. The third-order valence-electron chi connectivity index (χ3n) is 2.79. The molecular formula is C10H21ClN2O3Si. The molecule has 1 N–H and O–H groups in total. The summed E-state index contributed by atoms with van der Waals surface area (Å²) in [6, 6.07) is 0.828. The molecule has 0 amide bonds. The van der Waals surface area contributed by atoms with Crippen molar-refractivity contribution in [2.24, 2.45) is 0 Å². The summed E-state index contributed by atoms with van der Waals surface area (Å²) in [6.45, 7) is 2.99. The molecule has 1 heterocycles. The molecule has 0 spiro atoms. The second-order valence-electron chi connectivity index (χ2n) is 3.64. The average Bonchev–Trinajstić information content (AvgIpc) is 2.71. The van der Waals surface area contributed by atoms with Gasteiger partial charge in [-0.25, -0.2) is 9.55 Å². The van der Waals surface area contributed by atoms with E-state index in [4.69, 9.17) is 13.3 Å². The van der Waals surface area contributed by atoms with Gasteiger partial charge in [0.25, 0.3) is 5.82 Å². The lowest BCUT2D eigenvalue weighted by atomic mass is 10.4. The summed E-state index contributed by atoms with van der Waals surface area (Å²) in [7, 11) is 2.55. The number of imidazole rings is 1. The van der Waals surface area contributed by atoms with E-state index in [1.807, 2.05) is 19.3 Å². The molecule has 0 saturated heterocycles. The summed E-state index contributed by atoms with van der Waals surface area (Å²) in [6.07, 6.45) is 4.94. The van der Waals surface area contributed by atoms with Crippen LogP contribution in [0.2, 0.25) is 6.04 Å². The van der Waals surface area contributed by atoms with Crippen molar-refractivity contribution in [2.75, 3.05) is 21.3 Å². The maximum absolute atomic E-state index is 5.36. The van der Waals surface area contributed by atoms with Crippen LogP contribution in [-0.2, 0) is 19.8 Å². The van der Waals surface area contributed by atoms with E-state index in [9.17, 15) is 0 Å². The van der Waals surface area contributed by atoms with Crippen LogP contribution in [0.15, 0.2) is 12.4 Å². The van der Waals surface area contributed by atoms with Crippen LogP contribution in [0.25, 0.3) is 0 Å². The number of rotatable bonds is 7. The standard InChI is InChI=1S/C10H20N2O3Si.ClH/c1-10-11-6-8-12(10)7-5-9-16(13-2,14-3)15-4;/h6,8H,5,7,9H2,1-4H3;1H. The molecule has 1 aromatic rings. The van der Waals surface area contributed by atoms with E-state index in [2.05, 4.69) is 9.55 Å². The minimum absolute atomic E-state index is 0. The van der Waals surface area contributed by atoms with Crippen LogP contribution in [0.3, 0.4) is 0 Å². The number of aryl methyl sites for hydroxylation is 2. The van der Waals surface area contributed by atoms with Crippen molar-refractivity contribution in [3.63, 3.8) is 0 Å². The van der Waals surface area contributed by atoms with E-state index in [0.717, 1.165) is 24.8 Å². The Morgan fingerprint density at radius 1 is 1.24 bits per heavy atom. The number of nitrogens with zero attached hydrogens (tertiary/aromatic N) is 1. The molecule has 1 rings (SSSR count). The van der Waals surface area contributed by atoms with Gasteiger partial charge >= 0.3 is 8.80 Å². The average molecular weight is 281 g/mol. The first-order valence-electron chi connectivity index (χ1n) is 5.36. The van der Waals surface area contributed by atoms with Crippen molar-refractivity contribution < 1.29 is 30.3 Å². The maximum Gasteiger partial charge on any atom is 0.500 e. The summed E-state index contributed by atoms with van der Waals surface area (Å²) >= 11 is 0. The number of nitrogens with one attached hydrogen (secondary N) is 1. The zero-order valence-corrected chi connectivity index (χ0v) is 12.6. The summed E-state index contributed by atoms with van der Waals surface area (Å²) in [5.74, 6) is 1.15. The molecule has 17 heavy (non-hydrogen) atoms. The number of halogens is 1. The first-order valence-corrected chi connectivity index (χ1v) is 7.29. The quantitative estimate of drug-likeness (QED) is 0.459. The van der Waals surface area contributed by atoms with Crippen LogP contribution in [0, 0.1) is 6.92 Å².